The number of benzene rings is 2. The number of nitriles is 2. The third-order valence-corrected chi connectivity index (χ3v) is 8.17. The molecule has 34 heavy (non-hydrogen) atoms. The Bertz CT molecular complexity index is 1160. The minimum atomic E-state index is -0.328. The summed E-state index contributed by atoms with van der Waals surface area (Å²) < 4.78 is 10.9. The van der Waals surface area contributed by atoms with Crippen LogP contribution in [0, 0.1) is 28.1 Å². The molecule has 0 aromatic heterocycles. The predicted molar refractivity (Wildman–Crippen MR) is 131 cm³/mol. The Morgan fingerprint density at radius 1 is 0.941 bits per heavy atom. The number of rotatable bonds is 7. The summed E-state index contributed by atoms with van der Waals surface area (Å²) in [6.45, 7) is 4.01. The topological polar surface area (TPSA) is 83.1 Å². The van der Waals surface area contributed by atoms with E-state index in [1.165, 1.54) is 32.1 Å². The molecule has 0 heterocycles. The van der Waals surface area contributed by atoms with Crippen molar-refractivity contribution in [3.8, 4) is 34.8 Å². The van der Waals surface area contributed by atoms with Crippen LogP contribution in [-0.4, -0.2) is 13.1 Å². The second kappa shape index (κ2) is 9.51. The Kier molecular flexibility index (Phi) is 6.67. The number of hydrogen-bond donors (Lipinski definition) is 0. The molecule has 2 aromatic rings. The van der Waals surface area contributed by atoms with Crippen LogP contribution >= 0.6 is 0 Å². The summed E-state index contributed by atoms with van der Waals surface area (Å²) in [6.07, 6.45) is 9.69. The maximum Gasteiger partial charge on any atom is 0.310 e. The Morgan fingerprint density at radius 2 is 1.59 bits per heavy atom. The van der Waals surface area contributed by atoms with Gasteiger partial charge in [-0.15, -0.1) is 0 Å². The van der Waals surface area contributed by atoms with E-state index in [2.05, 4.69) is 25.1 Å². The first-order chi connectivity index (χ1) is 16.4. The molecule has 0 N–H and O–H groups in total. The molecule has 0 spiro atoms. The van der Waals surface area contributed by atoms with Crippen LogP contribution in [0.5, 0.6) is 11.5 Å². The highest BCUT2D eigenvalue weighted by molar-refractivity contribution is 5.80. The van der Waals surface area contributed by atoms with E-state index in [4.69, 9.17) is 9.47 Å². The van der Waals surface area contributed by atoms with E-state index in [9.17, 15) is 15.3 Å². The van der Waals surface area contributed by atoms with Crippen LogP contribution in [0.4, 0.5) is 0 Å². The molecule has 5 rings (SSSR count). The summed E-state index contributed by atoms with van der Waals surface area (Å²) in [5.41, 5.74) is 3.76. The molecule has 0 saturated heterocycles. The van der Waals surface area contributed by atoms with Gasteiger partial charge in [0.05, 0.1) is 18.2 Å². The van der Waals surface area contributed by atoms with Gasteiger partial charge in [0.25, 0.3) is 0 Å². The third-order valence-electron chi connectivity index (χ3n) is 8.17. The summed E-state index contributed by atoms with van der Waals surface area (Å²) in [6, 6.07) is 13.9. The zero-order valence-electron chi connectivity index (χ0n) is 20.4. The smallest absolute Gasteiger partial charge is 0.310 e. The van der Waals surface area contributed by atoms with Gasteiger partial charge in [0.15, 0.2) is 0 Å². The molecule has 2 aromatic carbocycles. The van der Waals surface area contributed by atoms with Gasteiger partial charge in [-0.2, -0.15) is 10.5 Å². The van der Waals surface area contributed by atoms with Gasteiger partial charge >= 0.3 is 5.97 Å². The zero-order chi connectivity index (χ0) is 24.3. The molecule has 3 saturated carbocycles. The standard InChI is InChI=1S/C29H32N2O3/c1-4-10-28-11-14-29(15-12-28,16-13-28)25-9-8-21(23(18-30)24(25)19-31)22-7-6-20(17-26(22)33-3)34-27(32)5-2/h6-9,17H,4-5,10-16H2,1-3H3. The van der Waals surface area contributed by atoms with E-state index in [1.807, 2.05) is 6.07 Å². The quantitative estimate of drug-likeness (QED) is 0.337. The molecule has 0 amide bonds. The SMILES string of the molecule is CCCC12CCC(c3ccc(-c4ccc(OC(=O)CC)cc4OC)c(C#N)c3C#N)(CC1)CC2. The second-order valence-corrected chi connectivity index (χ2v) is 9.85. The number of carbonyl (C=O) groups excluding carboxylic acids is 1. The fourth-order valence-electron chi connectivity index (χ4n) is 6.24. The van der Waals surface area contributed by atoms with Crippen LogP contribution in [-0.2, 0) is 10.2 Å². The van der Waals surface area contributed by atoms with Crippen molar-refractivity contribution >= 4 is 5.97 Å². The van der Waals surface area contributed by atoms with E-state index in [0.29, 0.717) is 39.2 Å². The summed E-state index contributed by atoms with van der Waals surface area (Å²) in [5, 5.41) is 20.3. The van der Waals surface area contributed by atoms with Crippen LogP contribution in [0.2, 0.25) is 0 Å². The lowest BCUT2D eigenvalue weighted by Gasteiger charge is -2.54. The zero-order valence-corrected chi connectivity index (χ0v) is 20.4. The molecule has 0 aliphatic heterocycles. The number of ether oxygens (including phenoxy) is 2. The van der Waals surface area contributed by atoms with E-state index in [0.717, 1.165) is 24.8 Å². The minimum Gasteiger partial charge on any atom is -0.496 e. The molecule has 5 nitrogen and oxygen atoms in total. The third kappa shape index (κ3) is 4.05. The number of methoxy groups -OCH3 is 1. The maximum absolute atomic E-state index is 11.7. The lowest BCUT2D eigenvalue weighted by Crippen LogP contribution is -2.44. The van der Waals surface area contributed by atoms with Crippen LogP contribution in [0.15, 0.2) is 30.3 Å². The van der Waals surface area contributed by atoms with Crippen molar-refractivity contribution < 1.29 is 14.3 Å². The monoisotopic (exact) mass is 456 g/mol. The van der Waals surface area contributed by atoms with Crippen LogP contribution in [0.1, 0.15) is 88.3 Å². The van der Waals surface area contributed by atoms with Gasteiger partial charge in [0.1, 0.15) is 23.6 Å². The largest absolute Gasteiger partial charge is 0.496 e. The highest BCUT2D eigenvalue weighted by Gasteiger charge is 2.49. The molecule has 2 bridgehead atoms. The van der Waals surface area contributed by atoms with Gasteiger partial charge in [0.2, 0.25) is 0 Å². The van der Waals surface area contributed by atoms with Gasteiger partial charge in [0, 0.05) is 23.6 Å². The van der Waals surface area contributed by atoms with E-state index < -0.39 is 0 Å². The van der Waals surface area contributed by atoms with Gasteiger partial charge < -0.3 is 9.47 Å². The number of fused-ring (bicyclic) bond motifs is 3. The molecule has 176 valence electrons. The average molecular weight is 457 g/mol. The fourth-order valence-corrected chi connectivity index (χ4v) is 6.24. The molecule has 3 fully saturated rings. The Morgan fingerprint density at radius 3 is 2.15 bits per heavy atom. The number of hydrogen-bond acceptors (Lipinski definition) is 5. The number of esters is 1. The molecular formula is C29H32N2O3. The normalized spacial score (nSPS) is 23.1. The molecule has 3 aliphatic rings. The van der Waals surface area contributed by atoms with Gasteiger partial charge in [-0.25, -0.2) is 0 Å². The number of carbonyl (C=O) groups is 1. The molecule has 0 radical (unpaired) electrons. The summed E-state index contributed by atoms with van der Waals surface area (Å²) in [5.74, 6) is 0.556. The second-order valence-electron chi connectivity index (χ2n) is 9.85. The van der Waals surface area contributed by atoms with Crippen molar-refractivity contribution in [2.45, 2.75) is 77.0 Å². The highest BCUT2D eigenvalue weighted by Crippen LogP contribution is 2.60. The first-order valence-corrected chi connectivity index (χ1v) is 12.3. The van der Waals surface area contributed by atoms with E-state index in [-0.39, 0.29) is 17.8 Å². The van der Waals surface area contributed by atoms with Gasteiger partial charge in [-0.3, -0.25) is 4.79 Å². The van der Waals surface area contributed by atoms with Gasteiger partial charge in [-0.05, 0) is 73.5 Å². The summed E-state index contributed by atoms with van der Waals surface area (Å²) in [7, 11) is 1.54. The lowest BCUT2D eigenvalue weighted by molar-refractivity contribution is -0.134. The van der Waals surface area contributed by atoms with Crippen molar-refractivity contribution in [2.75, 3.05) is 7.11 Å². The van der Waals surface area contributed by atoms with Crippen LogP contribution in [0.25, 0.3) is 11.1 Å². The summed E-state index contributed by atoms with van der Waals surface area (Å²) in [4.78, 5) is 11.7. The van der Waals surface area contributed by atoms with Gasteiger partial charge in [-0.1, -0.05) is 32.4 Å². The van der Waals surface area contributed by atoms with Crippen molar-refractivity contribution in [1.82, 2.24) is 0 Å². The predicted octanol–water partition coefficient (Wildman–Crippen LogP) is 6.81. The Hall–Kier alpha value is -3.31. The first-order valence-electron chi connectivity index (χ1n) is 12.3. The van der Waals surface area contributed by atoms with E-state index >= 15 is 0 Å². The molecular weight excluding hydrogens is 424 g/mol. The number of nitrogens with zero attached hydrogens (tertiary/aromatic N) is 2. The molecule has 3 aliphatic carbocycles. The average Bonchev–Trinajstić information content (AvgIpc) is 2.88. The lowest BCUT2D eigenvalue weighted by atomic mass is 9.50. The van der Waals surface area contributed by atoms with Crippen molar-refractivity contribution in [2.24, 2.45) is 5.41 Å². The molecule has 5 heteroatoms. The summed E-state index contributed by atoms with van der Waals surface area (Å²) >= 11 is 0. The van der Waals surface area contributed by atoms with Crippen LogP contribution in [0.3, 0.4) is 0 Å². The Labute approximate surface area is 202 Å². The first kappa shape index (κ1) is 23.8. The minimum absolute atomic E-state index is 0.00696. The fraction of sp³-hybridized carbons (Fsp3) is 0.483. The Balaban J connectivity index is 1.75. The highest BCUT2D eigenvalue weighted by atomic mass is 16.5. The van der Waals surface area contributed by atoms with Crippen molar-refractivity contribution in [1.29, 1.82) is 10.5 Å². The molecule has 0 atom stereocenters. The van der Waals surface area contributed by atoms with E-state index in [1.54, 1.807) is 32.2 Å². The van der Waals surface area contributed by atoms with Crippen molar-refractivity contribution in [3.63, 3.8) is 0 Å². The molecule has 0 unspecified atom stereocenters. The maximum atomic E-state index is 11.7. The van der Waals surface area contributed by atoms with Crippen LogP contribution < -0.4 is 9.47 Å². The van der Waals surface area contributed by atoms with Crippen molar-refractivity contribution in [3.05, 3.63) is 47.0 Å².